The van der Waals surface area contributed by atoms with Crippen LogP contribution in [0.5, 0.6) is 5.75 Å². The molecule has 0 spiro atoms. The van der Waals surface area contributed by atoms with Gasteiger partial charge in [-0.05, 0) is 59.6 Å². The molecule has 0 saturated heterocycles. The Labute approximate surface area is 198 Å². The van der Waals surface area contributed by atoms with Crippen LogP contribution in [0.1, 0.15) is 60.3 Å². The average Bonchev–Trinajstić information content (AvgIpc) is 2.74. The third kappa shape index (κ3) is 10.6. The lowest BCUT2D eigenvalue weighted by molar-refractivity contribution is -0.137. The number of carboxylic acids is 1. The molecule has 0 aliphatic carbocycles. The van der Waals surface area contributed by atoms with Gasteiger partial charge in [-0.2, -0.15) is 20.8 Å². The zero-order valence-corrected chi connectivity index (χ0v) is 19.9. The summed E-state index contributed by atoms with van der Waals surface area (Å²) in [4.78, 5) is 35.0. The summed E-state index contributed by atoms with van der Waals surface area (Å²) in [6.07, 6.45) is -1.22. The van der Waals surface area contributed by atoms with Crippen molar-refractivity contribution in [2.45, 2.75) is 77.0 Å². The van der Waals surface area contributed by atoms with Crippen LogP contribution in [-0.4, -0.2) is 39.8 Å². The monoisotopic (exact) mass is 471 g/mol. The van der Waals surface area contributed by atoms with E-state index in [0.717, 1.165) is 0 Å². The van der Waals surface area contributed by atoms with Gasteiger partial charge in [-0.1, -0.05) is 6.07 Å². The van der Waals surface area contributed by atoms with Crippen molar-refractivity contribution in [2.75, 3.05) is 5.32 Å². The van der Waals surface area contributed by atoms with Crippen LogP contribution >= 0.6 is 0 Å². The molecule has 0 saturated carbocycles. The van der Waals surface area contributed by atoms with E-state index in [-0.39, 0.29) is 31.4 Å². The molecule has 11 heteroatoms. The van der Waals surface area contributed by atoms with Gasteiger partial charge in [-0.25, -0.2) is 4.79 Å². The molecular weight excluding hydrogens is 442 g/mol. The van der Waals surface area contributed by atoms with Crippen LogP contribution in [0, 0.1) is 22.7 Å². The Morgan fingerprint density at radius 1 is 1.00 bits per heavy atom. The first-order valence-corrected chi connectivity index (χ1v) is 10.5. The highest BCUT2D eigenvalue weighted by atomic mass is 16.6. The Bertz CT molecular complexity index is 1020. The molecule has 0 aliphatic rings. The molecule has 2 N–H and O–H groups in total. The molecule has 1 aromatic rings. The van der Waals surface area contributed by atoms with E-state index >= 15 is 0 Å². The fraction of sp³-hybridized carbons (Fsp3) is 0.522. The predicted octanol–water partition coefficient (Wildman–Crippen LogP) is 4.60. The topological polar surface area (TPSA) is 174 Å². The Morgan fingerprint density at radius 3 is 2.06 bits per heavy atom. The number of rotatable bonds is 10. The zero-order chi connectivity index (χ0) is 26.0. The highest BCUT2D eigenvalue weighted by molar-refractivity contribution is 5.85. The Hall–Kier alpha value is -3.99. The van der Waals surface area contributed by atoms with E-state index in [1.807, 2.05) is 12.1 Å². The van der Waals surface area contributed by atoms with Crippen LogP contribution in [-0.2, 0) is 14.3 Å². The van der Waals surface area contributed by atoms with Crippen LogP contribution in [0.15, 0.2) is 34.5 Å². The number of hydrogen-bond acceptors (Lipinski definition) is 9. The van der Waals surface area contributed by atoms with E-state index in [1.54, 1.807) is 32.9 Å². The molecule has 182 valence electrons. The van der Waals surface area contributed by atoms with E-state index in [0.29, 0.717) is 5.69 Å². The number of ether oxygens (including phenoxy) is 2. The number of amides is 1. The maximum absolute atomic E-state index is 12.3. The first-order valence-electron chi connectivity index (χ1n) is 10.5. The van der Waals surface area contributed by atoms with Gasteiger partial charge in [0.25, 0.3) is 0 Å². The SMILES string of the molecule is CC(C#N)(CCC(=O)O)N=NC(C)(C#N)CCC(=O)Oc1cccc(NC(=O)OC(C)(C)C)c1. The lowest BCUT2D eigenvalue weighted by atomic mass is 9.97. The quantitative estimate of drug-likeness (QED) is 0.283. The minimum Gasteiger partial charge on any atom is -0.481 e. The van der Waals surface area contributed by atoms with Gasteiger partial charge in [0, 0.05) is 24.6 Å². The van der Waals surface area contributed by atoms with Crippen molar-refractivity contribution in [2.24, 2.45) is 10.2 Å². The molecule has 2 unspecified atom stereocenters. The zero-order valence-electron chi connectivity index (χ0n) is 19.9. The molecular formula is C23H29N5O6. The first-order chi connectivity index (χ1) is 15.7. The summed E-state index contributed by atoms with van der Waals surface area (Å²) in [7, 11) is 0. The predicted molar refractivity (Wildman–Crippen MR) is 121 cm³/mol. The number of nitriles is 2. The van der Waals surface area contributed by atoms with Crippen molar-refractivity contribution in [1.29, 1.82) is 10.5 Å². The number of carbonyl (C=O) groups is 3. The number of nitrogens with one attached hydrogen (secondary N) is 1. The summed E-state index contributed by atoms with van der Waals surface area (Å²) in [5.74, 6) is -1.53. The number of nitrogens with zero attached hydrogens (tertiary/aromatic N) is 4. The van der Waals surface area contributed by atoms with Gasteiger partial charge < -0.3 is 14.6 Å². The van der Waals surface area contributed by atoms with Crippen molar-refractivity contribution in [3.8, 4) is 17.9 Å². The van der Waals surface area contributed by atoms with Crippen molar-refractivity contribution < 1.29 is 29.0 Å². The molecule has 1 rings (SSSR count). The summed E-state index contributed by atoms with van der Waals surface area (Å²) in [6, 6.07) is 10.0. The molecule has 0 radical (unpaired) electrons. The molecule has 0 bridgehead atoms. The second-order valence-corrected chi connectivity index (χ2v) is 8.99. The fourth-order valence-electron chi connectivity index (χ4n) is 2.41. The lowest BCUT2D eigenvalue weighted by Crippen LogP contribution is -2.27. The normalized spacial score (nSPS) is 14.7. The fourth-order valence-corrected chi connectivity index (χ4v) is 2.41. The number of aliphatic carboxylic acids is 1. The Balaban J connectivity index is 2.74. The second kappa shape index (κ2) is 11.8. The van der Waals surface area contributed by atoms with Crippen LogP contribution in [0.25, 0.3) is 0 Å². The molecule has 0 heterocycles. The highest BCUT2D eigenvalue weighted by Crippen LogP contribution is 2.24. The van der Waals surface area contributed by atoms with Crippen molar-refractivity contribution in [3.63, 3.8) is 0 Å². The summed E-state index contributed by atoms with van der Waals surface area (Å²) >= 11 is 0. The van der Waals surface area contributed by atoms with Gasteiger partial charge in [-0.15, -0.1) is 0 Å². The van der Waals surface area contributed by atoms with Crippen molar-refractivity contribution in [3.05, 3.63) is 24.3 Å². The molecule has 34 heavy (non-hydrogen) atoms. The van der Waals surface area contributed by atoms with E-state index in [9.17, 15) is 24.9 Å². The first kappa shape index (κ1) is 28.0. The molecule has 0 fully saturated rings. The third-order valence-corrected chi connectivity index (χ3v) is 4.33. The van der Waals surface area contributed by atoms with Gasteiger partial charge in [0.05, 0.1) is 12.1 Å². The average molecular weight is 472 g/mol. The summed E-state index contributed by atoms with van der Waals surface area (Å²) < 4.78 is 10.5. The maximum Gasteiger partial charge on any atom is 0.412 e. The Kier molecular flexibility index (Phi) is 9.69. The van der Waals surface area contributed by atoms with Crippen LogP contribution in [0.4, 0.5) is 10.5 Å². The van der Waals surface area contributed by atoms with Crippen molar-refractivity contribution >= 4 is 23.7 Å². The number of benzene rings is 1. The smallest absolute Gasteiger partial charge is 0.412 e. The number of carboxylic acid groups (broad SMARTS) is 1. The maximum atomic E-state index is 12.3. The largest absolute Gasteiger partial charge is 0.481 e. The molecule has 11 nitrogen and oxygen atoms in total. The minimum atomic E-state index is -1.42. The van der Waals surface area contributed by atoms with Gasteiger partial charge in [-0.3, -0.25) is 14.9 Å². The van der Waals surface area contributed by atoms with Crippen LogP contribution in [0.2, 0.25) is 0 Å². The second-order valence-electron chi connectivity index (χ2n) is 8.99. The van der Waals surface area contributed by atoms with Gasteiger partial charge >= 0.3 is 18.0 Å². The third-order valence-electron chi connectivity index (χ3n) is 4.33. The van der Waals surface area contributed by atoms with Crippen molar-refractivity contribution in [1.82, 2.24) is 0 Å². The number of carbonyl (C=O) groups excluding carboxylic acids is 2. The van der Waals surface area contributed by atoms with E-state index in [4.69, 9.17) is 14.6 Å². The van der Waals surface area contributed by atoms with Crippen LogP contribution in [0.3, 0.4) is 0 Å². The standard InChI is InChI=1S/C23H29N5O6/c1-21(2,3)34-20(32)26-16-7-6-8-17(13-16)33-19(31)10-12-23(5,15-25)28-27-22(4,14-24)11-9-18(29)30/h6-8,13H,9-12H2,1-5H3,(H,26,32)(H,29,30). The molecule has 2 atom stereocenters. The van der Waals surface area contributed by atoms with E-state index in [2.05, 4.69) is 15.5 Å². The number of esters is 1. The number of anilines is 1. The number of azo groups is 1. The van der Waals surface area contributed by atoms with Gasteiger partial charge in [0.15, 0.2) is 11.1 Å². The molecule has 1 amide bonds. The Morgan fingerprint density at radius 2 is 1.56 bits per heavy atom. The molecule has 0 aromatic heterocycles. The van der Waals surface area contributed by atoms with Gasteiger partial charge in [0.2, 0.25) is 0 Å². The summed E-state index contributed by atoms with van der Waals surface area (Å²) in [6.45, 7) is 8.07. The molecule has 1 aromatic carbocycles. The summed E-state index contributed by atoms with van der Waals surface area (Å²) in [5.41, 5.74) is -3.12. The van der Waals surface area contributed by atoms with E-state index in [1.165, 1.54) is 26.0 Å². The molecule has 0 aliphatic heterocycles. The van der Waals surface area contributed by atoms with Crippen LogP contribution < -0.4 is 10.1 Å². The number of hydrogen-bond donors (Lipinski definition) is 2. The van der Waals surface area contributed by atoms with E-state index < -0.39 is 34.7 Å². The highest BCUT2D eigenvalue weighted by Gasteiger charge is 2.29. The van der Waals surface area contributed by atoms with Gasteiger partial charge in [0.1, 0.15) is 11.4 Å². The summed E-state index contributed by atoms with van der Waals surface area (Å²) in [5, 5.41) is 38.0. The lowest BCUT2D eigenvalue weighted by Gasteiger charge is -2.20. The minimum absolute atomic E-state index is 0.0396.